The molecule has 8 heteroatoms. The standard InChI is InChI=1S/C17H20N8/c1-10-19-20-17-5-4-14(22-25(10)17)16-7-15(21-24(16)3)13-6-12(13)11-8-18-23(2)9-11/h7-9,12-13H,4-6H2,1-3H3. The minimum atomic E-state index is 0.487. The Hall–Kier alpha value is -2.77. The molecule has 0 N–H and O–H groups in total. The van der Waals surface area contributed by atoms with Gasteiger partial charge in [-0.2, -0.15) is 15.3 Å². The van der Waals surface area contributed by atoms with Crippen molar-refractivity contribution in [2.45, 2.75) is 38.0 Å². The van der Waals surface area contributed by atoms with Gasteiger partial charge >= 0.3 is 0 Å². The lowest BCUT2D eigenvalue weighted by atomic mass is 10.1. The quantitative estimate of drug-likeness (QED) is 0.726. The van der Waals surface area contributed by atoms with Crippen molar-refractivity contribution in [2.24, 2.45) is 19.2 Å². The van der Waals surface area contributed by atoms with Gasteiger partial charge in [0, 0.05) is 39.1 Å². The van der Waals surface area contributed by atoms with Crippen LogP contribution in [0.4, 0.5) is 0 Å². The summed E-state index contributed by atoms with van der Waals surface area (Å²) in [5.74, 6) is 2.79. The van der Waals surface area contributed by atoms with Crippen LogP contribution in [0.25, 0.3) is 0 Å². The highest BCUT2D eigenvalue weighted by Crippen LogP contribution is 2.54. The molecule has 2 unspecified atom stereocenters. The lowest BCUT2D eigenvalue weighted by molar-refractivity contribution is 0.695. The lowest BCUT2D eigenvalue weighted by Gasteiger charge is -2.13. The van der Waals surface area contributed by atoms with E-state index in [2.05, 4.69) is 27.6 Å². The van der Waals surface area contributed by atoms with Gasteiger partial charge in [0.05, 0.1) is 23.3 Å². The molecule has 3 aromatic heterocycles. The Morgan fingerprint density at radius 1 is 1.12 bits per heavy atom. The molecule has 0 bridgehead atoms. The topological polar surface area (TPSA) is 78.7 Å². The molecule has 4 heterocycles. The highest BCUT2D eigenvalue weighted by Gasteiger charge is 2.42. The van der Waals surface area contributed by atoms with E-state index in [9.17, 15) is 0 Å². The first kappa shape index (κ1) is 14.6. The van der Waals surface area contributed by atoms with E-state index in [1.54, 1.807) is 0 Å². The van der Waals surface area contributed by atoms with Gasteiger partial charge in [-0.15, -0.1) is 10.2 Å². The zero-order chi connectivity index (χ0) is 17.1. The zero-order valence-corrected chi connectivity index (χ0v) is 14.6. The van der Waals surface area contributed by atoms with Crippen LogP contribution >= 0.6 is 0 Å². The van der Waals surface area contributed by atoms with Gasteiger partial charge in [0.2, 0.25) is 0 Å². The van der Waals surface area contributed by atoms with E-state index >= 15 is 0 Å². The molecular weight excluding hydrogens is 316 g/mol. The first-order valence-corrected chi connectivity index (χ1v) is 8.62. The molecular formula is C17H20N8. The minimum absolute atomic E-state index is 0.487. The minimum Gasteiger partial charge on any atom is -0.276 e. The average molecular weight is 336 g/mol. The summed E-state index contributed by atoms with van der Waals surface area (Å²) in [5, 5.41) is 22.1. The Balaban J connectivity index is 1.44. The van der Waals surface area contributed by atoms with Crippen LogP contribution in [0.3, 0.4) is 0 Å². The van der Waals surface area contributed by atoms with Crippen LogP contribution in [0.1, 0.15) is 53.3 Å². The van der Waals surface area contributed by atoms with Gasteiger partial charge in [-0.3, -0.25) is 9.36 Å². The normalized spacial score (nSPS) is 22.0. The van der Waals surface area contributed by atoms with Crippen molar-refractivity contribution in [3.63, 3.8) is 0 Å². The van der Waals surface area contributed by atoms with Crippen molar-refractivity contribution < 1.29 is 0 Å². The number of hydrogen-bond acceptors (Lipinski definition) is 5. The molecule has 0 aromatic carbocycles. The maximum atomic E-state index is 4.76. The van der Waals surface area contributed by atoms with Gasteiger partial charge in [0.1, 0.15) is 0 Å². The molecule has 3 aromatic rings. The highest BCUT2D eigenvalue weighted by molar-refractivity contribution is 5.99. The third kappa shape index (κ3) is 2.32. The third-order valence-electron chi connectivity index (χ3n) is 5.19. The Bertz CT molecular complexity index is 988. The van der Waals surface area contributed by atoms with Crippen LogP contribution < -0.4 is 0 Å². The van der Waals surface area contributed by atoms with Crippen LogP contribution in [-0.4, -0.2) is 40.1 Å². The number of nitrogens with zero attached hydrogens (tertiary/aromatic N) is 8. The number of aryl methyl sites for hydroxylation is 4. The molecule has 1 aliphatic heterocycles. The first-order valence-electron chi connectivity index (χ1n) is 8.62. The molecule has 1 aliphatic carbocycles. The highest BCUT2D eigenvalue weighted by atomic mass is 15.5. The van der Waals surface area contributed by atoms with Crippen molar-refractivity contribution in [2.75, 3.05) is 0 Å². The van der Waals surface area contributed by atoms with Crippen molar-refractivity contribution in [3.8, 4) is 0 Å². The molecule has 0 spiro atoms. The summed E-state index contributed by atoms with van der Waals surface area (Å²) in [5.41, 5.74) is 4.60. The third-order valence-corrected chi connectivity index (χ3v) is 5.19. The van der Waals surface area contributed by atoms with E-state index in [4.69, 9.17) is 10.2 Å². The summed E-state index contributed by atoms with van der Waals surface area (Å²) < 4.78 is 5.67. The molecule has 5 rings (SSSR count). The summed E-state index contributed by atoms with van der Waals surface area (Å²) in [6.45, 7) is 1.93. The Labute approximate surface area is 145 Å². The van der Waals surface area contributed by atoms with Crippen molar-refractivity contribution in [1.29, 1.82) is 0 Å². The smallest absolute Gasteiger partial charge is 0.155 e. The van der Waals surface area contributed by atoms with Gasteiger partial charge < -0.3 is 0 Å². The molecule has 0 radical (unpaired) electrons. The fourth-order valence-corrected chi connectivity index (χ4v) is 3.73. The average Bonchev–Trinajstić information content (AvgIpc) is 2.91. The second-order valence-corrected chi connectivity index (χ2v) is 7.00. The van der Waals surface area contributed by atoms with Crippen molar-refractivity contribution >= 4 is 5.71 Å². The van der Waals surface area contributed by atoms with E-state index in [1.165, 1.54) is 5.56 Å². The monoisotopic (exact) mass is 336 g/mol. The van der Waals surface area contributed by atoms with Crippen LogP contribution in [0.5, 0.6) is 0 Å². The summed E-state index contributed by atoms with van der Waals surface area (Å²) in [7, 11) is 3.96. The SMILES string of the molecule is Cc1nnc2n1N=C(c1cc(C3CC3c3cnn(C)c3)nn1C)CC2. The number of fused-ring (bicyclic) bond motifs is 1. The maximum absolute atomic E-state index is 4.76. The molecule has 25 heavy (non-hydrogen) atoms. The number of hydrogen-bond donors (Lipinski definition) is 0. The Morgan fingerprint density at radius 3 is 2.80 bits per heavy atom. The van der Waals surface area contributed by atoms with E-state index in [0.717, 1.165) is 48.0 Å². The molecule has 2 aliphatic rings. The van der Waals surface area contributed by atoms with Gasteiger partial charge in [-0.25, -0.2) is 4.68 Å². The van der Waals surface area contributed by atoms with Gasteiger partial charge in [-0.1, -0.05) is 0 Å². The Morgan fingerprint density at radius 2 is 2.00 bits per heavy atom. The van der Waals surface area contributed by atoms with Gasteiger partial charge in [0.15, 0.2) is 11.6 Å². The number of rotatable bonds is 3. The fourth-order valence-electron chi connectivity index (χ4n) is 3.73. The van der Waals surface area contributed by atoms with E-state index < -0.39 is 0 Å². The van der Waals surface area contributed by atoms with Crippen molar-refractivity contribution in [3.05, 3.63) is 47.1 Å². The van der Waals surface area contributed by atoms with E-state index in [-0.39, 0.29) is 0 Å². The molecule has 0 saturated heterocycles. The molecule has 2 atom stereocenters. The molecule has 0 amide bonds. The van der Waals surface area contributed by atoms with Crippen LogP contribution in [-0.2, 0) is 20.5 Å². The van der Waals surface area contributed by atoms with Crippen LogP contribution in [0.15, 0.2) is 23.6 Å². The second-order valence-electron chi connectivity index (χ2n) is 7.00. The summed E-state index contributed by atoms with van der Waals surface area (Å²) in [6, 6.07) is 2.20. The largest absolute Gasteiger partial charge is 0.276 e. The predicted molar refractivity (Wildman–Crippen MR) is 91.5 cm³/mol. The van der Waals surface area contributed by atoms with Crippen LogP contribution in [0, 0.1) is 6.92 Å². The molecule has 1 saturated carbocycles. The van der Waals surface area contributed by atoms with Crippen molar-refractivity contribution in [1.82, 2.24) is 34.4 Å². The van der Waals surface area contributed by atoms with Gasteiger partial charge in [-0.05, 0) is 30.9 Å². The summed E-state index contributed by atoms with van der Waals surface area (Å²) in [6.07, 6.45) is 6.95. The molecule has 8 nitrogen and oxygen atoms in total. The van der Waals surface area contributed by atoms with E-state index in [0.29, 0.717) is 11.8 Å². The summed E-state index contributed by atoms with van der Waals surface area (Å²) >= 11 is 0. The molecule has 1 fully saturated rings. The molecule has 128 valence electrons. The van der Waals surface area contributed by atoms with E-state index in [1.807, 2.05) is 41.3 Å². The first-order chi connectivity index (χ1) is 12.1. The number of aromatic nitrogens is 7. The lowest BCUT2D eigenvalue weighted by Crippen LogP contribution is -2.17. The maximum Gasteiger partial charge on any atom is 0.155 e. The second kappa shape index (κ2) is 5.11. The summed E-state index contributed by atoms with van der Waals surface area (Å²) in [4.78, 5) is 0. The fraction of sp³-hybridized carbons (Fsp3) is 0.471. The van der Waals surface area contributed by atoms with Crippen LogP contribution in [0.2, 0.25) is 0 Å². The predicted octanol–water partition coefficient (Wildman–Crippen LogP) is 1.52. The zero-order valence-electron chi connectivity index (χ0n) is 14.6. The Kier molecular flexibility index (Phi) is 2.98. The van der Waals surface area contributed by atoms with Gasteiger partial charge in [0.25, 0.3) is 0 Å².